The van der Waals surface area contributed by atoms with Gasteiger partial charge >= 0.3 is 6.03 Å². The van der Waals surface area contributed by atoms with E-state index in [0.717, 1.165) is 25.3 Å². The lowest BCUT2D eigenvalue weighted by Crippen LogP contribution is -2.29. The fourth-order valence-electron chi connectivity index (χ4n) is 2.56. The monoisotopic (exact) mass is 351 g/mol. The number of hydrogen-bond acceptors (Lipinski definition) is 5. The van der Waals surface area contributed by atoms with Gasteiger partial charge in [-0.25, -0.2) is 14.8 Å². The molecule has 0 aromatic carbocycles. The molecule has 122 valence electrons. The number of thiazole rings is 1. The molecule has 0 atom stereocenters. The molecule has 3 rings (SSSR count). The molecule has 6 nitrogen and oxygen atoms in total. The molecule has 1 saturated heterocycles. The third-order valence-electron chi connectivity index (χ3n) is 3.60. The van der Waals surface area contributed by atoms with Crippen LogP contribution in [0.4, 0.5) is 16.4 Å². The molecule has 23 heavy (non-hydrogen) atoms. The van der Waals surface area contributed by atoms with Crippen molar-refractivity contribution in [1.29, 1.82) is 0 Å². The number of amides is 2. The zero-order chi connectivity index (χ0) is 16.1. The number of nitrogens with zero attached hydrogens (tertiary/aromatic N) is 3. The lowest BCUT2D eigenvalue weighted by molar-refractivity contribution is 0.218. The van der Waals surface area contributed by atoms with E-state index in [2.05, 4.69) is 25.5 Å². The quantitative estimate of drug-likeness (QED) is 0.878. The smallest absolute Gasteiger partial charge is 0.298 e. The molecule has 1 aliphatic rings. The summed E-state index contributed by atoms with van der Waals surface area (Å²) in [6.07, 6.45) is 3.80. The number of anilines is 2. The van der Waals surface area contributed by atoms with Gasteiger partial charge in [-0.15, -0.1) is 11.3 Å². The minimum atomic E-state index is -0.380. The van der Waals surface area contributed by atoms with Crippen molar-refractivity contribution in [3.63, 3.8) is 0 Å². The fourth-order valence-corrected chi connectivity index (χ4v) is 3.25. The number of pyridine rings is 1. The van der Waals surface area contributed by atoms with Crippen molar-refractivity contribution in [2.75, 3.05) is 23.7 Å². The predicted octanol–water partition coefficient (Wildman–Crippen LogP) is 3.82. The Morgan fingerprint density at radius 3 is 2.70 bits per heavy atom. The first kappa shape index (κ1) is 16.2. The van der Waals surface area contributed by atoms with Crippen LogP contribution in [-0.2, 0) is 6.54 Å². The molecule has 1 aliphatic heterocycles. The van der Waals surface area contributed by atoms with Crippen molar-refractivity contribution in [2.24, 2.45) is 0 Å². The number of nitrogens with one attached hydrogen (secondary N) is 2. The number of urea groups is 1. The van der Waals surface area contributed by atoms with E-state index in [1.807, 2.05) is 12.1 Å². The Labute approximate surface area is 143 Å². The Kier molecular flexibility index (Phi) is 5.43. The van der Waals surface area contributed by atoms with E-state index in [1.165, 1.54) is 30.6 Å². The van der Waals surface area contributed by atoms with Gasteiger partial charge in [-0.05, 0) is 38.1 Å². The van der Waals surface area contributed by atoms with Crippen molar-refractivity contribution < 1.29 is 4.79 Å². The lowest BCUT2D eigenvalue weighted by Gasteiger charge is -2.26. The lowest BCUT2D eigenvalue weighted by atomic mass is 10.1. The second-order valence-electron chi connectivity index (χ2n) is 5.42. The molecule has 0 spiro atoms. The third kappa shape index (κ3) is 4.89. The van der Waals surface area contributed by atoms with Crippen LogP contribution in [-0.4, -0.2) is 34.0 Å². The van der Waals surface area contributed by atoms with E-state index in [4.69, 9.17) is 11.6 Å². The molecule has 0 unspecified atom stereocenters. The van der Waals surface area contributed by atoms with Gasteiger partial charge < -0.3 is 0 Å². The number of rotatable bonds is 4. The minimum Gasteiger partial charge on any atom is -0.298 e. The molecule has 8 heteroatoms. The van der Waals surface area contributed by atoms with Crippen LogP contribution in [0.15, 0.2) is 23.6 Å². The summed E-state index contributed by atoms with van der Waals surface area (Å²) in [5, 5.41) is 7.03. The summed E-state index contributed by atoms with van der Waals surface area (Å²) >= 11 is 7.00. The van der Waals surface area contributed by atoms with Gasteiger partial charge in [-0.2, -0.15) is 0 Å². The van der Waals surface area contributed by atoms with Crippen LogP contribution >= 0.6 is 22.9 Å². The average molecular weight is 352 g/mol. The highest BCUT2D eigenvalue weighted by molar-refractivity contribution is 7.14. The molecule has 0 aliphatic carbocycles. The summed E-state index contributed by atoms with van der Waals surface area (Å²) in [7, 11) is 0. The Morgan fingerprint density at radius 1 is 1.17 bits per heavy atom. The van der Waals surface area contributed by atoms with Crippen LogP contribution in [0.2, 0.25) is 4.47 Å². The first-order valence-electron chi connectivity index (χ1n) is 7.56. The SMILES string of the molecule is O=C(Nc1cccc(CN2CCCCC2)n1)Nc1csc(Cl)n1. The molecule has 2 aromatic heterocycles. The summed E-state index contributed by atoms with van der Waals surface area (Å²) in [6, 6.07) is 5.28. The van der Waals surface area contributed by atoms with E-state index in [9.17, 15) is 4.79 Å². The largest absolute Gasteiger partial charge is 0.326 e. The maximum atomic E-state index is 11.9. The van der Waals surface area contributed by atoms with Gasteiger partial charge in [-0.1, -0.05) is 24.1 Å². The number of hydrogen-bond donors (Lipinski definition) is 2. The van der Waals surface area contributed by atoms with Crippen LogP contribution in [0.25, 0.3) is 0 Å². The van der Waals surface area contributed by atoms with Crippen LogP contribution < -0.4 is 10.6 Å². The molecule has 2 aromatic rings. The summed E-state index contributed by atoms with van der Waals surface area (Å²) in [5.74, 6) is 0.959. The molecule has 3 heterocycles. The highest BCUT2D eigenvalue weighted by atomic mass is 35.5. The predicted molar refractivity (Wildman–Crippen MR) is 93.1 cm³/mol. The summed E-state index contributed by atoms with van der Waals surface area (Å²) in [4.78, 5) is 22.8. The van der Waals surface area contributed by atoms with E-state index in [-0.39, 0.29) is 6.03 Å². The average Bonchev–Trinajstić information content (AvgIpc) is 2.93. The van der Waals surface area contributed by atoms with E-state index >= 15 is 0 Å². The molecule has 0 saturated carbocycles. The zero-order valence-electron chi connectivity index (χ0n) is 12.6. The maximum Gasteiger partial charge on any atom is 0.326 e. The normalized spacial score (nSPS) is 15.3. The molecule has 2 N–H and O–H groups in total. The minimum absolute atomic E-state index is 0.380. The molecule has 1 fully saturated rings. The highest BCUT2D eigenvalue weighted by Gasteiger charge is 2.12. The van der Waals surface area contributed by atoms with Gasteiger partial charge in [0.05, 0.1) is 5.69 Å². The van der Waals surface area contributed by atoms with Crippen molar-refractivity contribution in [3.8, 4) is 0 Å². The van der Waals surface area contributed by atoms with Crippen molar-refractivity contribution in [2.45, 2.75) is 25.8 Å². The number of carbonyl (C=O) groups excluding carboxylic acids is 1. The van der Waals surface area contributed by atoms with Gasteiger partial charge in [0.25, 0.3) is 0 Å². The fraction of sp³-hybridized carbons (Fsp3) is 0.400. The van der Waals surface area contributed by atoms with Crippen LogP contribution in [0.1, 0.15) is 25.0 Å². The number of piperidine rings is 1. The van der Waals surface area contributed by atoms with Crippen molar-refractivity contribution in [3.05, 3.63) is 33.7 Å². The first-order chi connectivity index (χ1) is 11.2. The highest BCUT2D eigenvalue weighted by Crippen LogP contribution is 2.19. The van der Waals surface area contributed by atoms with Gasteiger partial charge in [0.15, 0.2) is 4.47 Å². The number of halogens is 1. The Balaban J connectivity index is 1.57. The molecule has 2 amide bonds. The molecule has 0 bridgehead atoms. The number of carbonyl (C=O) groups is 1. The summed E-state index contributed by atoms with van der Waals surface area (Å²) in [5.41, 5.74) is 0.960. The van der Waals surface area contributed by atoms with Gasteiger partial charge in [-0.3, -0.25) is 15.5 Å². The standard InChI is InChI=1S/C15H18ClN5OS/c16-14-18-13(10-23-14)20-15(22)19-12-6-4-5-11(17-12)9-21-7-2-1-3-8-21/h4-6,10H,1-3,7-9H2,(H2,17,19,20,22). The van der Waals surface area contributed by atoms with Crippen molar-refractivity contribution in [1.82, 2.24) is 14.9 Å². The molecule has 0 radical (unpaired) electrons. The second kappa shape index (κ2) is 7.72. The van der Waals surface area contributed by atoms with Gasteiger partial charge in [0, 0.05) is 11.9 Å². The Hall–Kier alpha value is -1.70. The van der Waals surface area contributed by atoms with Crippen LogP contribution in [0.3, 0.4) is 0 Å². The maximum absolute atomic E-state index is 11.9. The summed E-state index contributed by atoms with van der Waals surface area (Å²) in [6.45, 7) is 3.05. The number of likely N-dealkylation sites (tertiary alicyclic amines) is 1. The molecular formula is C15H18ClN5OS. The first-order valence-corrected chi connectivity index (χ1v) is 8.82. The van der Waals surface area contributed by atoms with E-state index < -0.39 is 0 Å². The molecular weight excluding hydrogens is 334 g/mol. The van der Waals surface area contributed by atoms with Crippen LogP contribution in [0, 0.1) is 0 Å². The van der Waals surface area contributed by atoms with Gasteiger partial charge in [0.1, 0.15) is 11.6 Å². The van der Waals surface area contributed by atoms with Gasteiger partial charge in [0.2, 0.25) is 0 Å². The van der Waals surface area contributed by atoms with Crippen molar-refractivity contribution >= 4 is 40.6 Å². The summed E-state index contributed by atoms with van der Waals surface area (Å²) < 4.78 is 0.391. The van der Waals surface area contributed by atoms with Crippen LogP contribution in [0.5, 0.6) is 0 Å². The third-order valence-corrected chi connectivity index (χ3v) is 4.58. The Morgan fingerprint density at radius 2 is 1.96 bits per heavy atom. The van der Waals surface area contributed by atoms with E-state index in [1.54, 1.807) is 11.4 Å². The topological polar surface area (TPSA) is 70.2 Å². The zero-order valence-corrected chi connectivity index (χ0v) is 14.2. The number of aromatic nitrogens is 2. The van der Waals surface area contributed by atoms with E-state index in [0.29, 0.717) is 16.1 Å². The second-order valence-corrected chi connectivity index (χ2v) is 6.86. The Bertz CT molecular complexity index is 671.